The summed E-state index contributed by atoms with van der Waals surface area (Å²) >= 11 is 0. The quantitative estimate of drug-likeness (QED) is 0.717. The predicted octanol–water partition coefficient (Wildman–Crippen LogP) is 2.16. The van der Waals surface area contributed by atoms with E-state index in [9.17, 15) is 9.18 Å². The maximum absolute atomic E-state index is 12.6. The number of hydrogen-bond acceptors (Lipinski definition) is 3. The van der Waals surface area contributed by atoms with E-state index in [1.807, 2.05) is 0 Å². The molecule has 0 heterocycles. The van der Waals surface area contributed by atoms with Gasteiger partial charge in [-0.3, -0.25) is 4.79 Å². The van der Waals surface area contributed by atoms with E-state index in [1.165, 1.54) is 31.4 Å². The highest BCUT2D eigenvalue weighted by molar-refractivity contribution is 5.69. The van der Waals surface area contributed by atoms with Crippen LogP contribution in [-0.2, 0) is 9.53 Å². The number of ether oxygens (including phenoxy) is 2. The van der Waals surface area contributed by atoms with Crippen LogP contribution in [0, 0.1) is 5.82 Å². The summed E-state index contributed by atoms with van der Waals surface area (Å²) in [5.41, 5.74) is 0. The van der Waals surface area contributed by atoms with Crippen molar-refractivity contribution in [3.63, 3.8) is 0 Å². The van der Waals surface area contributed by atoms with Gasteiger partial charge in [0, 0.05) is 0 Å². The van der Waals surface area contributed by atoms with Crippen LogP contribution in [-0.4, -0.2) is 19.2 Å². The van der Waals surface area contributed by atoms with E-state index in [0.717, 1.165) is 0 Å². The van der Waals surface area contributed by atoms with Crippen LogP contribution in [0.15, 0.2) is 24.3 Å². The lowest BCUT2D eigenvalue weighted by Crippen LogP contribution is -2.17. The third kappa shape index (κ3) is 3.97. The van der Waals surface area contributed by atoms with E-state index in [1.54, 1.807) is 6.92 Å². The highest BCUT2D eigenvalue weighted by Gasteiger charge is 2.10. The molecule has 0 saturated carbocycles. The Morgan fingerprint density at radius 1 is 1.40 bits per heavy atom. The standard InChI is InChI=1S/C11H13FO3/c1-8(7-11(13)14-2)15-10-5-3-9(12)4-6-10/h3-6,8H,7H2,1-2H3. The van der Waals surface area contributed by atoms with Gasteiger partial charge in [-0.15, -0.1) is 0 Å². The first-order valence-corrected chi connectivity index (χ1v) is 4.61. The maximum atomic E-state index is 12.6. The zero-order valence-corrected chi connectivity index (χ0v) is 8.70. The average molecular weight is 212 g/mol. The van der Waals surface area contributed by atoms with Crippen molar-refractivity contribution in [2.75, 3.05) is 7.11 Å². The Morgan fingerprint density at radius 3 is 2.53 bits per heavy atom. The molecule has 0 N–H and O–H groups in total. The minimum atomic E-state index is -0.329. The van der Waals surface area contributed by atoms with E-state index in [4.69, 9.17) is 4.74 Å². The maximum Gasteiger partial charge on any atom is 0.309 e. The number of carbonyl (C=O) groups excluding carboxylic acids is 1. The van der Waals surface area contributed by atoms with Crippen molar-refractivity contribution in [1.29, 1.82) is 0 Å². The molecule has 0 radical (unpaired) electrons. The van der Waals surface area contributed by atoms with Crippen LogP contribution in [0.4, 0.5) is 4.39 Å². The van der Waals surface area contributed by atoms with Crippen LogP contribution in [0.2, 0.25) is 0 Å². The molecule has 1 aromatic carbocycles. The summed E-state index contributed by atoms with van der Waals surface area (Å²) in [7, 11) is 1.33. The average Bonchev–Trinajstić information content (AvgIpc) is 2.21. The van der Waals surface area contributed by atoms with Gasteiger partial charge in [-0.1, -0.05) is 0 Å². The second-order valence-corrected chi connectivity index (χ2v) is 3.16. The Hall–Kier alpha value is -1.58. The number of halogens is 1. The Kier molecular flexibility index (Phi) is 4.09. The van der Waals surface area contributed by atoms with Gasteiger partial charge in [0.1, 0.15) is 17.7 Å². The number of hydrogen-bond donors (Lipinski definition) is 0. The predicted molar refractivity (Wildman–Crippen MR) is 53.1 cm³/mol. The molecule has 0 aliphatic carbocycles. The fraction of sp³-hybridized carbons (Fsp3) is 0.364. The molecule has 0 fully saturated rings. The van der Waals surface area contributed by atoms with Gasteiger partial charge in [-0.2, -0.15) is 0 Å². The molecule has 0 bridgehead atoms. The molecule has 0 saturated heterocycles. The normalized spacial score (nSPS) is 11.9. The van der Waals surface area contributed by atoms with Crippen molar-refractivity contribution in [3.05, 3.63) is 30.1 Å². The summed E-state index contributed by atoms with van der Waals surface area (Å²) in [6.07, 6.45) is -0.114. The summed E-state index contributed by atoms with van der Waals surface area (Å²) in [5, 5.41) is 0. The van der Waals surface area contributed by atoms with Gasteiger partial charge in [-0.05, 0) is 31.2 Å². The van der Waals surface area contributed by atoms with Crippen molar-refractivity contribution < 1.29 is 18.7 Å². The van der Waals surface area contributed by atoms with E-state index in [-0.39, 0.29) is 24.3 Å². The minimum absolute atomic E-state index is 0.174. The summed E-state index contributed by atoms with van der Waals surface area (Å²) in [4.78, 5) is 10.9. The third-order valence-electron chi connectivity index (χ3n) is 1.83. The van der Waals surface area contributed by atoms with Crippen LogP contribution in [0.1, 0.15) is 13.3 Å². The fourth-order valence-corrected chi connectivity index (χ4v) is 1.11. The molecule has 0 spiro atoms. The lowest BCUT2D eigenvalue weighted by molar-refractivity contribution is -0.142. The number of esters is 1. The molecule has 1 unspecified atom stereocenters. The van der Waals surface area contributed by atoms with Gasteiger partial charge in [0.25, 0.3) is 0 Å². The number of rotatable bonds is 4. The Morgan fingerprint density at radius 2 is 2.00 bits per heavy atom. The largest absolute Gasteiger partial charge is 0.490 e. The van der Waals surface area contributed by atoms with E-state index < -0.39 is 0 Å². The topological polar surface area (TPSA) is 35.5 Å². The molecule has 3 nitrogen and oxygen atoms in total. The second-order valence-electron chi connectivity index (χ2n) is 3.16. The first-order chi connectivity index (χ1) is 7.11. The molecule has 1 rings (SSSR count). The first kappa shape index (κ1) is 11.5. The number of benzene rings is 1. The molecular formula is C11H13FO3. The van der Waals surface area contributed by atoms with Gasteiger partial charge in [0.15, 0.2) is 0 Å². The molecule has 82 valence electrons. The van der Waals surface area contributed by atoms with Gasteiger partial charge in [0.2, 0.25) is 0 Å². The summed E-state index contributed by atoms with van der Waals surface area (Å²) in [5.74, 6) is -0.111. The lowest BCUT2D eigenvalue weighted by Gasteiger charge is -2.13. The number of carbonyl (C=O) groups is 1. The second kappa shape index (κ2) is 5.34. The van der Waals surface area contributed by atoms with Crippen LogP contribution >= 0.6 is 0 Å². The lowest BCUT2D eigenvalue weighted by atomic mass is 10.3. The van der Waals surface area contributed by atoms with Crippen LogP contribution in [0.25, 0.3) is 0 Å². The molecule has 0 aromatic heterocycles. The Balaban J connectivity index is 2.47. The minimum Gasteiger partial charge on any atom is -0.490 e. The summed E-state index contributed by atoms with van der Waals surface area (Å²) in [6.45, 7) is 1.75. The zero-order chi connectivity index (χ0) is 11.3. The molecular weight excluding hydrogens is 199 g/mol. The van der Waals surface area contributed by atoms with Crippen molar-refractivity contribution in [2.24, 2.45) is 0 Å². The van der Waals surface area contributed by atoms with Crippen molar-refractivity contribution >= 4 is 5.97 Å². The SMILES string of the molecule is COC(=O)CC(C)Oc1ccc(F)cc1. The van der Waals surface area contributed by atoms with Crippen molar-refractivity contribution in [2.45, 2.75) is 19.4 Å². The Bertz CT molecular complexity index is 321. The van der Waals surface area contributed by atoms with E-state index >= 15 is 0 Å². The smallest absolute Gasteiger partial charge is 0.309 e. The molecule has 0 aliphatic rings. The first-order valence-electron chi connectivity index (χ1n) is 4.61. The Labute approximate surface area is 87.8 Å². The highest BCUT2D eigenvalue weighted by atomic mass is 19.1. The zero-order valence-electron chi connectivity index (χ0n) is 8.70. The summed E-state index contributed by atoms with van der Waals surface area (Å²) < 4.78 is 22.4. The van der Waals surface area contributed by atoms with Crippen LogP contribution in [0.3, 0.4) is 0 Å². The van der Waals surface area contributed by atoms with Crippen LogP contribution in [0.5, 0.6) is 5.75 Å². The van der Waals surface area contributed by atoms with Crippen molar-refractivity contribution in [3.8, 4) is 5.75 Å². The molecule has 4 heteroatoms. The molecule has 1 aromatic rings. The molecule has 0 amide bonds. The van der Waals surface area contributed by atoms with Gasteiger partial charge in [0.05, 0.1) is 13.5 Å². The third-order valence-corrected chi connectivity index (χ3v) is 1.83. The van der Waals surface area contributed by atoms with Gasteiger partial charge in [-0.25, -0.2) is 4.39 Å². The van der Waals surface area contributed by atoms with Crippen molar-refractivity contribution in [1.82, 2.24) is 0 Å². The fourth-order valence-electron chi connectivity index (χ4n) is 1.11. The monoisotopic (exact) mass is 212 g/mol. The van der Waals surface area contributed by atoms with E-state index in [0.29, 0.717) is 5.75 Å². The molecule has 1 atom stereocenters. The van der Waals surface area contributed by atoms with E-state index in [2.05, 4.69) is 4.74 Å². The van der Waals surface area contributed by atoms with Crippen LogP contribution < -0.4 is 4.74 Å². The molecule has 0 aliphatic heterocycles. The van der Waals surface area contributed by atoms with Gasteiger partial charge >= 0.3 is 5.97 Å². The molecule has 15 heavy (non-hydrogen) atoms. The highest BCUT2D eigenvalue weighted by Crippen LogP contribution is 2.14. The number of methoxy groups -OCH3 is 1. The van der Waals surface area contributed by atoms with Gasteiger partial charge < -0.3 is 9.47 Å². The summed E-state index contributed by atoms with van der Waals surface area (Å²) in [6, 6.07) is 5.65.